The summed E-state index contributed by atoms with van der Waals surface area (Å²) in [5.74, 6) is 1.92. The van der Waals surface area contributed by atoms with Gasteiger partial charge in [0, 0.05) is 17.4 Å². The first-order valence-corrected chi connectivity index (χ1v) is 10.9. The van der Waals surface area contributed by atoms with Crippen molar-refractivity contribution in [2.45, 2.75) is 20.3 Å². The Morgan fingerprint density at radius 3 is 2.94 bits per heavy atom. The maximum Gasteiger partial charge on any atom is 0.414 e. The fourth-order valence-corrected chi connectivity index (χ4v) is 6.97. The lowest BCUT2D eigenvalue weighted by atomic mass is 10.2. The Labute approximate surface area is 108 Å². The molecule has 94 valence electrons. The quantitative estimate of drug-likeness (QED) is 0.533. The molecule has 0 saturated heterocycles. The zero-order valence-corrected chi connectivity index (χ0v) is 12.9. The van der Waals surface area contributed by atoms with E-state index in [0.717, 1.165) is 12.2 Å². The molecule has 7 heteroatoms. The number of rotatable bonds is 7. The van der Waals surface area contributed by atoms with Gasteiger partial charge in [-0.25, -0.2) is 4.21 Å². The molecule has 1 aliphatic heterocycles. The molecular weight excluding hydrogens is 283 g/mol. The lowest BCUT2D eigenvalue weighted by Crippen LogP contribution is -2.07. The van der Waals surface area contributed by atoms with E-state index in [1.165, 1.54) is 0 Å². The first-order valence-electron chi connectivity index (χ1n) is 5.34. The van der Waals surface area contributed by atoms with Crippen molar-refractivity contribution in [3.05, 3.63) is 0 Å². The van der Waals surface area contributed by atoms with Gasteiger partial charge >= 0.3 is 6.13 Å². The molecule has 3 atom stereocenters. The van der Waals surface area contributed by atoms with Gasteiger partial charge in [0.2, 0.25) is 11.8 Å². The van der Waals surface area contributed by atoms with Crippen molar-refractivity contribution >= 4 is 44.5 Å². The van der Waals surface area contributed by atoms with Crippen molar-refractivity contribution in [1.29, 1.82) is 0 Å². The molecule has 0 fully saturated rings. The predicted molar refractivity (Wildman–Crippen MR) is 77.2 cm³/mol. The topological polar surface area (TPSA) is 35.5 Å². The summed E-state index contributed by atoms with van der Waals surface area (Å²) in [7, 11) is -2.12. The molecule has 3 unspecified atom stereocenters. The lowest BCUT2D eigenvalue weighted by Gasteiger charge is -2.02. The van der Waals surface area contributed by atoms with Crippen LogP contribution in [0.5, 0.6) is 0 Å². The lowest BCUT2D eigenvalue weighted by molar-refractivity contribution is 0.369. The van der Waals surface area contributed by atoms with E-state index in [2.05, 4.69) is 0 Å². The van der Waals surface area contributed by atoms with Crippen LogP contribution in [0.15, 0.2) is 0 Å². The molecule has 16 heavy (non-hydrogen) atoms. The van der Waals surface area contributed by atoms with Crippen molar-refractivity contribution < 1.29 is 12.9 Å². The second-order valence-electron chi connectivity index (χ2n) is 3.40. The third-order valence-corrected chi connectivity index (χ3v) is 8.28. The summed E-state index contributed by atoms with van der Waals surface area (Å²) in [4.78, 5) is 0. The maximum absolute atomic E-state index is 12.0. The molecule has 0 radical (unpaired) electrons. The van der Waals surface area contributed by atoms with Crippen LogP contribution in [0, 0.1) is 5.92 Å². The van der Waals surface area contributed by atoms with Gasteiger partial charge in [0.1, 0.15) is 11.4 Å². The molecule has 0 aromatic heterocycles. The van der Waals surface area contributed by atoms with Crippen molar-refractivity contribution in [3.63, 3.8) is 0 Å². The van der Waals surface area contributed by atoms with Crippen LogP contribution in [0.1, 0.15) is 20.3 Å². The zero-order valence-electron chi connectivity index (χ0n) is 9.59. The largest absolute Gasteiger partial charge is 0.414 e. The summed E-state index contributed by atoms with van der Waals surface area (Å²) in [5, 5.41) is 1.88. The maximum atomic E-state index is 12.0. The zero-order chi connectivity index (χ0) is 12.0. The van der Waals surface area contributed by atoms with Crippen LogP contribution in [-0.4, -0.2) is 34.3 Å². The van der Waals surface area contributed by atoms with Crippen molar-refractivity contribution in [3.8, 4) is 0 Å². The van der Waals surface area contributed by atoms with Gasteiger partial charge in [-0.3, -0.25) is 4.18 Å². The normalized spacial score (nSPS) is 30.1. The van der Waals surface area contributed by atoms with Crippen LogP contribution in [0.4, 0.5) is 0 Å². The van der Waals surface area contributed by atoms with Gasteiger partial charge in [0.05, 0.1) is 23.0 Å². The fraction of sp³-hybridized carbons (Fsp3) is 0.889. The van der Waals surface area contributed by atoms with Crippen molar-refractivity contribution in [1.82, 2.24) is 0 Å². The van der Waals surface area contributed by atoms with E-state index in [4.69, 9.17) is 20.5 Å². The van der Waals surface area contributed by atoms with E-state index in [1.54, 1.807) is 11.4 Å². The second-order valence-corrected chi connectivity index (χ2v) is 10.4. The fourth-order valence-electron chi connectivity index (χ4n) is 1.46. The van der Waals surface area contributed by atoms with Gasteiger partial charge in [-0.15, -0.1) is 0 Å². The Hall–Kier alpha value is 0.810. The monoisotopic (exact) mass is 301 g/mol. The summed E-state index contributed by atoms with van der Waals surface area (Å²) in [6.07, 6.45) is 0.152. The third kappa shape index (κ3) is 4.98. The van der Waals surface area contributed by atoms with Gasteiger partial charge in [-0.1, -0.05) is 0 Å². The first kappa shape index (κ1) is 14.9. The van der Waals surface area contributed by atoms with Crippen LogP contribution >= 0.6 is 17.5 Å². The van der Waals surface area contributed by atoms with Gasteiger partial charge in [-0.2, -0.15) is 4.52 Å². The van der Waals surface area contributed by atoms with Crippen LogP contribution in [0.25, 0.3) is 0 Å². The average molecular weight is 301 g/mol. The first-order chi connectivity index (χ1) is 7.59. The molecule has 1 aliphatic rings. The SMILES string of the molecule is CCO[P+](=S)SCC1C=S(=O)(OCC)CC1. The summed E-state index contributed by atoms with van der Waals surface area (Å²) in [6, 6.07) is 0. The van der Waals surface area contributed by atoms with Gasteiger partial charge in [0.25, 0.3) is 0 Å². The molecule has 1 rings (SSSR count). The van der Waals surface area contributed by atoms with E-state index in [0.29, 0.717) is 24.9 Å². The smallest absolute Gasteiger partial charge is 0.298 e. The van der Waals surface area contributed by atoms with E-state index < -0.39 is 15.9 Å². The Morgan fingerprint density at radius 1 is 1.56 bits per heavy atom. The standard InChI is InChI=1S/C9H18O3PS3/c1-3-11-13(14)15-7-9-5-6-16(10,8-9)12-4-2/h8-9H,3-7H2,1-2H3/q+1. The van der Waals surface area contributed by atoms with E-state index in [1.807, 2.05) is 19.2 Å². The molecule has 0 aromatic rings. The van der Waals surface area contributed by atoms with Crippen LogP contribution in [-0.2, 0) is 30.3 Å². The van der Waals surface area contributed by atoms with Gasteiger partial charge in [-0.05, 0) is 25.6 Å². The predicted octanol–water partition coefficient (Wildman–Crippen LogP) is 2.59. The molecule has 0 aliphatic carbocycles. The highest BCUT2D eigenvalue weighted by Gasteiger charge is 2.25. The van der Waals surface area contributed by atoms with Crippen molar-refractivity contribution in [2.24, 2.45) is 5.92 Å². The average Bonchev–Trinajstić information content (AvgIpc) is 2.58. The molecule has 0 amide bonds. The summed E-state index contributed by atoms with van der Waals surface area (Å²) < 4.78 is 22.6. The molecular formula is C9H18O3PS3+. The minimum absolute atomic E-state index is 0.359. The number of hydrogen-bond acceptors (Lipinski definition) is 5. The van der Waals surface area contributed by atoms with E-state index >= 15 is 0 Å². The summed E-state index contributed by atoms with van der Waals surface area (Å²) in [5.41, 5.74) is 0. The Kier molecular flexibility index (Phi) is 6.77. The summed E-state index contributed by atoms with van der Waals surface area (Å²) in [6.45, 7) is 5.01. The van der Waals surface area contributed by atoms with Crippen LogP contribution in [0.3, 0.4) is 0 Å². The molecule has 0 aromatic carbocycles. The highest BCUT2D eigenvalue weighted by atomic mass is 32.9. The van der Waals surface area contributed by atoms with Crippen molar-refractivity contribution in [2.75, 3.05) is 24.7 Å². The molecule has 0 spiro atoms. The van der Waals surface area contributed by atoms with Gasteiger partial charge < -0.3 is 0 Å². The molecule has 0 bridgehead atoms. The highest BCUT2D eigenvalue weighted by molar-refractivity contribution is 8.62. The summed E-state index contributed by atoms with van der Waals surface area (Å²) >= 11 is 6.83. The Morgan fingerprint density at radius 2 is 2.31 bits per heavy atom. The van der Waals surface area contributed by atoms with Crippen LogP contribution in [0.2, 0.25) is 0 Å². The number of hydrogen-bond donors (Lipinski definition) is 0. The Balaban J connectivity index is 2.38. The molecule has 3 nitrogen and oxygen atoms in total. The third-order valence-electron chi connectivity index (χ3n) is 2.12. The van der Waals surface area contributed by atoms with Gasteiger partial charge in [0.15, 0.2) is 0 Å². The highest BCUT2D eigenvalue weighted by Crippen LogP contribution is 2.40. The molecule has 1 heterocycles. The molecule has 0 N–H and O–H groups in total. The molecule has 0 saturated carbocycles. The van der Waals surface area contributed by atoms with Crippen LogP contribution < -0.4 is 0 Å². The minimum Gasteiger partial charge on any atom is -0.298 e. The van der Waals surface area contributed by atoms with E-state index in [-0.39, 0.29) is 0 Å². The second kappa shape index (κ2) is 7.29. The van der Waals surface area contributed by atoms with E-state index in [9.17, 15) is 4.21 Å². The minimum atomic E-state index is -2.12. The Bertz CT molecular complexity index is 350.